The molecule has 0 heterocycles. The van der Waals surface area contributed by atoms with E-state index in [4.69, 9.17) is 17.0 Å². The van der Waals surface area contributed by atoms with Crippen LogP contribution in [-0.2, 0) is 16.4 Å². The Bertz CT molecular complexity index is 2480. The van der Waals surface area contributed by atoms with E-state index in [1.54, 1.807) is 0 Å². The Labute approximate surface area is 350 Å². The van der Waals surface area contributed by atoms with Crippen molar-refractivity contribution in [2.75, 3.05) is 0 Å². The van der Waals surface area contributed by atoms with Crippen molar-refractivity contribution in [1.82, 2.24) is 0 Å². The van der Waals surface area contributed by atoms with Crippen LogP contribution in [0, 0.1) is 41.5 Å². The normalized spacial score (nSPS) is 17.1. The van der Waals surface area contributed by atoms with Crippen LogP contribution in [0.1, 0.15) is 122 Å². The fourth-order valence-corrected chi connectivity index (χ4v) is 29.2. The molecule has 0 nitrogen and oxygen atoms in total. The average Bonchev–Trinajstić information content (AvgIpc) is 3.81. The van der Waals surface area contributed by atoms with Gasteiger partial charge in [0.05, 0.1) is 0 Å². The molecule has 293 valence electrons. The molecule has 0 aliphatic heterocycles. The molecule has 8 rings (SSSR count). The van der Waals surface area contributed by atoms with Gasteiger partial charge in [-0.15, -0.1) is 0 Å². The molecule has 0 amide bonds. The first-order chi connectivity index (χ1) is 27.3. The van der Waals surface area contributed by atoms with Crippen LogP contribution in [-0.4, -0.2) is 0 Å². The first kappa shape index (κ1) is 40.6. The second kappa shape index (κ2) is 15.4. The van der Waals surface area contributed by atoms with E-state index in [1.807, 2.05) is 0 Å². The van der Waals surface area contributed by atoms with Crippen LogP contribution in [0.5, 0.6) is 0 Å². The molecule has 2 unspecified atom stereocenters. The number of allylic oxidation sites excluding steroid dienone is 2. The summed E-state index contributed by atoms with van der Waals surface area (Å²) < 4.78 is 0.887. The van der Waals surface area contributed by atoms with Gasteiger partial charge in [-0.2, -0.15) is 0 Å². The quantitative estimate of drug-likeness (QED) is 0.122. The van der Waals surface area contributed by atoms with E-state index < -0.39 is 16.4 Å². The van der Waals surface area contributed by atoms with Crippen molar-refractivity contribution in [1.29, 1.82) is 0 Å². The summed E-state index contributed by atoms with van der Waals surface area (Å²) in [4.78, 5) is 0. The molecule has 2 atom stereocenters. The Hall–Kier alpha value is -3.22. The molecular weight excluding hydrogens is 811 g/mol. The van der Waals surface area contributed by atoms with Gasteiger partial charge >= 0.3 is 353 Å². The van der Waals surface area contributed by atoms with Gasteiger partial charge < -0.3 is 0 Å². The second-order valence-electron chi connectivity index (χ2n) is 17.5. The molecule has 0 spiro atoms. The van der Waals surface area contributed by atoms with E-state index in [-0.39, 0.29) is 7.25 Å². The second-order valence-corrected chi connectivity index (χ2v) is 40.4. The first-order valence-corrected chi connectivity index (χ1v) is 32.5. The van der Waals surface area contributed by atoms with E-state index in [0.29, 0.717) is 0 Å². The van der Waals surface area contributed by atoms with Gasteiger partial charge in [0.1, 0.15) is 0 Å². The van der Waals surface area contributed by atoms with E-state index in [0.717, 1.165) is 42.7 Å². The van der Waals surface area contributed by atoms with Crippen molar-refractivity contribution in [3.05, 3.63) is 152 Å². The van der Waals surface area contributed by atoms with Crippen molar-refractivity contribution in [2.45, 2.75) is 112 Å². The van der Waals surface area contributed by atoms with Gasteiger partial charge in [-0.3, -0.25) is 0 Å². The summed E-state index contributed by atoms with van der Waals surface area (Å²) in [5.74, 6) is 0. The fraction of sp³-hybridized carbons (Fsp3) is 0.333. The van der Waals surface area contributed by atoms with Crippen molar-refractivity contribution >= 4 is 50.7 Å². The molecular formula is C54H59Cl2Zr. The zero-order valence-electron chi connectivity index (χ0n) is 35.6. The van der Waals surface area contributed by atoms with Gasteiger partial charge in [-0.1, -0.05) is 0 Å². The molecule has 0 fully saturated rings. The Balaban J connectivity index is 1.41. The summed E-state index contributed by atoms with van der Waals surface area (Å²) in [6.45, 7) is 21.0. The number of fused-ring (bicyclic) bond motifs is 4. The molecule has 2 aliphatic rings. The summed E-state index contributed by atoms with van der Waals surface area (Å²) in [5.41, 5.74) is 22.0. The summed E-state index contributed by atoms with van der Waals surface area (Å²) in [6, 6.07) is 31.5. The third-order valence-electron chi connectivity index (χ3n) is 14.5. The van der Waals surface area contributed by atoms with E-state index in [1.165, 1.54) is 111 Å². The van der Waals surface area contributed by atoms with Crippen molar-refractivity contribution in [2.24, 2.45) is 0 Å². The fourth-order valence-electron chi connectivity index (χ4n) is 10.9. The summed E-state index contributed by atoms with van der Waals surface area (Å²) >= 11 is -5.11. The number of unbranched alkanes of at least 4 members (excludes halogenated alkanes) is 2. The van der Waals surface area contributed by atoms with Crippen LogP contribution >= 0.6 is 17.0 Å². The maximum absolute atomic E-state index is 8.97. The minimum atomic E-state index is -5.11. The van der Waals surface area contributed by atoms with Gasteiger partial charge in [0.15, 0.2) is 0 Å². The van der Waals surface area contributed by atoms with Crippen LogP contribution < -0.4 is 0 Å². The molecule has 3 heteroatoms. The zero-order valence-corrected chi connectivity index (χ0v) is 39.6. The topological polar surface area (TPSA) is 0 Å². The zero-order chi connectivity index (χ0) is 40.4. The van der Waals surface area contributed by atoms with Crippen LogP contribution in [0.4, 0.5) is 0 Å². The summed E-state index contributed by atoms with van der Waals surface area (Å²) in [5, 5.41) is 5.09. The van der Waals surface area contributed by atoms with Crippen LogP contribution in [0.15, 0.2) is 96.1 Å². The molecule has 0 bridgehead atoms. The number of rotatable bonds is 11. The number of hydrogen-bond donors (Lipinski definition) is 0. The number of halogens is 2. The SMILES string of the molecule is CCCCC1=Cc2c(-c3ccc4ccccc4c3)c(C)c(C)c(C)c2[CH]1[Zr]([Cl])([Cl])([CH2]C)[CH]1C(CCCC)=Cc2c(-c3ccc4ccccc4c3)c(C)c(C)c(C)c21. The molecule has 0 saturated carbocycles. The Kier molecular flexibility index (Phi) is 11.0. The van der Waals surface area contributed by atoms with E-state index in [9.17, 15) is 0 Å². The van der Waals surface area contributed by atoms with Gasteiger partial charge in [-0.25, -0.2) is 0 Å². The molecule has 0 N–H and O–H groups in total. The average molecular weight is 870 g/mol. The molecule has 0 aromatic heterocycles. The monoisotopic (exact) mass is 867 g/mol. The van der Waals surface area contributed by atoms with E-state index >= 15 is 0 Å². The summed E-state index contributed by atoms with van der Waals surface area (Å²) in [6.07, 6.45) is 11.7. The summed E-state index contributed by atoms with van der Waals surface area (Å²) in [7, 11) is 17.9. The predicted octanol–water partition coefficient (Wildman–Crippen LogP) is 17.6. The maximum atomic E-state index is 8.97. The van der Waals surface area contributed by atoms with Gasteiger partial charge in [0, 0.05) is 0 Å². The third kappa shape index (κ3) is 6.49. The van der Waals surface area contributed by atoms with Crippen LogP contribution in [0.2, 0.25) is 4.13 Å². The van der Waals surface area contributed by atoms with E-state index in [2.05, 4.69) is 159 Å². The first-order valence-electron chi connectivity index (χ1n) is 21.6. The van der Waals surface area contributed by atoms with Gasteiger partial charge in [0.25, 0.3) is 0 Å². The van der Waals surface area contributed by atoms with Crippen molar-refractivity contribution in [3.63, 3.8) is 0 Å². The molecule has 6 aromatic rings. The predicted molar refractivity (Wildman–Crippen MR) is 250 cm³/mol. The number of benzene rings is 6. The minimum absolute atomic E-state index is 0.0333. The molecule has 0 radical (unpaired) electrons. The third-order valence-corrected chi connectivity index (χ3v) is 35.2. The Morgan fingerprint density at radius 2 is 0.860 bits per heavy atom. The molecule has 6 aromatic carbocycles. The molecule has 57 heavy (non-hydrogen) atoms. The standard InChI is InChI=1S/2C26H27.C2H5.2ClH.Zr/c2*1-5-6-9-20-14-24-18(3)17(2)19(4)26(25(24)15-20)23-13-12-21-10-7-8-11-22(21)16-23;1-2;;;/h2*7-8,10-16H,5-6,9H2,1-4H3;1H2,2H3;2*1H;/q;;;;;+2/p-2. The van der Waals surface area contributed by atoms with Crippen molar-refractivity contribution in [3.8, 4) is 22.3 Å². The Morgan fingerprint density at radius 3 is 1.23 bits per heavy atom. The molecule has 0 saturated heterocycles. The molecule has 2 aliphatic carbocycles. The van der Waals surface area contributed by atoms with Gasteiger partial charge in [-0.05, 0) is 0 Å². The number of hydrogen-bond acceptors (Lipinski definition) is 0. The van der Waals surface area contributed by atoms with Crippen molar-refractivity contribution < 1.29 is 16.4 Å². The van der Waals surface area contributed by atoms with Crippen LogP contribution in [0.25, 0.3) is 56.0 Å². The van der Waals surface area contributed by atoms with Crippen LogP contribution in [0.3, 0.4) is 0 Å². The van der Waals surface area contributed by atoms with Gasteiger partial charge in [0.2, 0.25) is 0 Å². The Morgan fingerprint density at radius 1 is 0.474 bits per heavy atom.